The van der Waals surface area contributed by atoms with Crippen LogP contribution >= 0.6 is 0 Å². The minimum Gasteiger partial charge on any atom is -0.376 e. The summed E-state index contributed by atoms with van der Waals surface area (Å²) < 4.78 is 4.64. The van der Waals surface area contributed by atoms with E-state index in [0.29, 0.717) is 5.69 Å². The van der Waals surface area contributed by atoms with Crippen molar-refractivity contribution in [1.82, 2.24) is 15.0 Å². The van der Waals surface area contributed by atoms with Crippen LogP contribution in [0.5, 0.6) is 0 Å². The molecule has 0 N–H and O–H groups in total. The van der Waals surface area contributed by atoms with Gasteiger partial charge in [-0.3, -0.25) is 4.79 Å². The lowest BCUT2D eigenvalue weighted by Gasteiger charge is -1.91. The van der Waals surface area contributed by atoms with Gasteiger partial charge in [0.1, 0.15) is 6.61 Å². The molecule has 0 aliphatic rings. The monoisotopic (exact) mass is 155 g/mol. The molecule has 1 rings (SSSR count). The number of aryl methyl sites for hydroxylation is 1. The molecule has 0 spiro atoms. The Morgan fingerprint density at radius 1 is 1.82 bits per heavy atom. The van der Waals surface area contributed by atoms with E-state index >= 15 is 0 Å². The zero-order valence-electron chi connectivity index (χ0n) is 6.44. The molecule has 0 aliphatic carbocycles. The van der Waals surface area contributed by atoms with Crippen molar-refractivity contribution < 1.29 is 9.53 Å². The first kappa shape index (κ1) is 7.87. The minimum absolute atomic E-state index is 0.0543. The first-order chi connectivity index (χ1) is 5.24. The van der Waals surface area contributed by atoms with Gasteiger partial charge in [0.25, 0.3) is 0 Å². The minimum atomic E-state index is -0.152. The van der Waals surface area contributed by atoms with Crippen LogP contribution in [0.1, 0.15) is 10.5 Å². The van der Waals surface area contributed by atoms with E-state index in [1.807, 2.05) is 0 Å². The number of carbonyl (C=O) groups is 1. The first-order valence-corrected chi connectivity index (χ1v) is 3.12. The van der Waals surface area contributed by atoms with Crippen molar-refractivity contribution in [3.05, 3.63) is 11.9 Å². The van der Waals surface area contributed by atoms with Crippen molar-refractivity contribution in [1.29, 1.82) is 0 Å². The molecule has 0 unspecified atom stereocenters. The number of ether oxygens (including phenoxy) is 1. The van der Waals surface area contributed by atoms with E-state index in [2.05, 4.69) is 14.9 Å². The van der Waals surface area contributed by atoms with Crippen LogP contribution in [0.2, 0.25) is 0 Å². The Labute approximate surface area is 64.0 Å². The zero-order chi connectivity index (χ0) is 8.27. The molecule has 0 atom stereocenters. The van der Waals surface area contributed by atoms with Gasteiger partial charge in [0.2, 0.25) is 5.78 Å². The van der Waals surface area contributed by atoms with Crippen LogP contribution in [0.15, 0.2) is 6.20 Å². The predicted octanol–water partition coefficient (Wildman–Crippen LogP) is -0.356. The molecule has 1 heterocycles. The molecule has 5 heteroatoms. The van der Waals surface area contributed by atoms with Crippen LogP contribution < -0.4 is 0 Å². The van der Waals surface area contributed by atoms with Crippen molar-refractivity contribution in [2.75, 3.05) is 13.7 Å². The van der Waals surface area contributed by atoms with Crippen molar-refractivity contribution >= 4 is 5.78 Å². The first-order valence-electron chi connectivity index (χ1n) is 3.12. The maximum Gasteiger partial charge on any atom is 0.210 e. The molecule has 1 aromatic rings. The lowest BCUT2D eigenvalue weighted by atomic mass is 10.3. The van der Waals surface area contributed by atoms with Gasteiger partial charge in [0, 0.05) is 14.2 Å². The predicted molar refractivity (Wildman–Crippen MR) is 37.2 cm³/mol. The van der Waals surface area contributed by atoms with Crippen molar-refractivity contribution in [2.45, 2.75) is 0 Å². The number of methoxy groups -OCH3 is 1. The maximum atomic E-state index is 11.0. The summed E-state index contributed by atoms with van der Waals surface area (Å²) in [7, 11) is 3.12. The number of hydrogen-bond acceptors (Lipinski definition) is 4. The highest BCUT2D eigenvalue weighted by Gasteiger charge is 2.07. The fraction of sp³-hybridized carbons (Fsp3) is 0.500. The maximum absolute atomic E-state index is 11.0. The van der Waals surface area contributed by atoms with Crippen molar-refractivity contribution in [2.24, 2.45) is 7.05 Å². The molecule has 0 saturated carbocycles. The number of rotatable bonds is 3. The number of ketones is 1. The smallest absolute Gasteiger partial charge is 0.210 e. The lowest BCUT2D eigenvalue weighted by molar-refractivity contribution is 0.0842. The third kappa shape index (κ3) is 1.84. The summed E-state index contributed by atoms with van der Waals surface area (Å²) in [5.41, 5.74) is 0.342. The Morgan fingerprint density at radius 3 is 3.00 bits per heavy atom. The highest BCUT2D eigenvalue weighted by Crippen LogP contribution is 1.92. The number of aromatic nitrogens is 3. The Bertz CT molecular complexity index is 256. The summed E-state index contributed by atoms with van der Waals surface area (Å²) in [6.45, 7) is 0.0543. The van der Waals surface area contributed by atoms with E-state index in [9.17, 15) is 4.79 Å². The summed E-state index contributed by atoms with van der Waals surface area (Å²) in [6, 6.07) is 0. The molecule has 0 bridgehead atoms. The van der Waals surface area contributed by atoms with Gasteiger partial charge in [-0.15, -0.1) is 0 Å². The van der Waals surface area contributed by atoms with E-state index in [4.69, 9.17) is 0 Å². The largest absolute Gasteiger partial charge is 0.376 e. The molecule has 0 amide bonds. The van der Waals surface area contributed by atoms with Gasteiger partial charge in [-0.25, -0.2) is 0 Å². The Hall–Kier alpha value is -1.23. The number of hydrogen-bond donors (Lipinski definition) is 0. The summed E-state index contributed by atoms with van der Waals surface area (Å²) in [6.07, 6.45) is 1.42. The van der Waals surface area contributed by atoms with E-state index in [1.165, 1.54) is 18.1 Å². The quantitative estimate of drug-likeness (QED) is 0.559. The molecule has 0 fully saturated rings. The van der Waals surface area contributed by atoms with E-state index in [1.54, 1.807) is 7.05 Å². The second-order valence-electron chi connectivity index (χ2n) is 2.08. The summed E-state index contributed by atoms with van der Waals surface area (Å²) >= 11 is 0. The molecule has 0 radical (unpaired) electrons. The van der Waals surface area contributed by atoms with Gasteiger partial charge in [-0.05, 0) is 0 Å². The third-order valence-corrected chi connectivity index (χ3v) is 1.16. The highest BCUT2D eigenvalue weighted by atomic mass is 16.5. The van der Waals surface area contributed by atoms with Crippen molar-refractivity contribution in [3.8, 4) is 0 Å². The Balaban J connectivity index is 2.69. The second-order valence-corrected chi connectivity index (χ2v) is 2.08. The standard InChI is InChI=1S/C6H9N3O2/c1-9-7-3-5(8-9)6(10)4-11-2/h3H,4H2,1-2H3. The van der Waals surface area contributed by atoms with Gasteiger partial charge in [0.15, 0.2) is 5.69 Å². The lowest BCUT2D eigenvalue weighted by Crippen LogP contribution is -2.08. The molecule has 0 aromatic carbocycles. The van der Waals surface area contributed by atoms with Crippen molar-refractivity contribution in [3.63, 3.8) is 0 Å². The summed E-state index contributed by atoms with van der Waals surface area (Å²) in [5.74, 6) is -0.152. The van der Waals surface area contributed by atoms with Gasteiger partial charge >= 0.3 is 0 Å². The zero-order valence-corrected chi connectivity index (χ0v) is 6.44. The Morgan fingerprint density at radius 2 is 2.55 bits per heavy atom. The molecular weight excluding hydrogens is 146 g/mol. The van der Waals surface area contributed by atoms with Crippen LogP contribution in [-0.4, -0.2) is 34.5 Å². The molecule has 5 nitrogen and oxygen atoms in total. The molecule has 0 saturated heterocycles. The van der Waals surface area contributed by atoms with Crippen LogP contribution in [0.4, 0.5) is 0 Å². The summed E-state index contributed by atoms with van der Waals surface area (Å²) in [5, 5.41) is 7.55. The molecule has 11 heavy (non-hydrogen) atoms. The van der Waals surface area contributed by atoms with Gasteiger partial charge < -0.3 is 4.74 Å². The SMILES string of the molecule is COCC(=O)c1cnn(C)n1. The normalized spacial score (nSPS) is 10.0. The van der Waals surface area contributed by atoms with Gasteiger partial charge in [-0.1, -0.05) is 0 Å². The Kier molecular flexibility index (Phi) is 2.32. The number of nitrogens with zero attached hydrogens (tertiary/aromatic N) is 3. The van der Waals surface area contributed by atoms with Crippen LogP contribution in [0, 0.1) is 0 Å². The van der Waals surface area contributed by atoms with Gasteiger partial charge in [-0.2, -0.15) is 15.0 Å². The highest BCUT2D eigenvalue weighted by molar-refractivity contribution is 5.94. The van der Waals surface area contributed by atoms with E-state index in [0.717, 1.165) is 0 Å². The van der Waals surface area contributed by atoms with E-state index in [-0.39, 0.29) is 12.4 Å². The van der Waals surface area contributed by atoms with Crippen LogP contribution in [-0.2, 0) is 11.8 Å². The topological polar surface area (TPSA) is 57.0 Å². The molecule has 0 aliphatic heterocycles. The number of Topliss-reactive ketones (excluding diaryl/α,β-unsaturated/α-hetero) is 1. The van der Waals surface area contributed by atoms with Gasteiger partial charge in [0.05, 0.1) is 6.20 Å². The van der Waals surface area contributed by atoms with Crippen LogP contribution in [0.25, 0.3) is 0 Å². The average molecular weight is 155 g/mol. The second kappa shape index (κ2) is 3.25. The van der Waals surface area contributed by atoms with Crippen LogP contribution in [0.3, 0.4) is 0 Å². The molecule has 1 aromatic heterocycles. The van der Waals surface area contributed by atoms with E-state index < -0.39 is 0 Å². The fourth-order valence-electron chi connectivity index (χ4n) is 0.679. The molecule has 60 valence electrons. The fourth-order valence-corrected chi connectivity index (χ4v) is 0.679. The molecular formula is C6H9N3O2. The number of carbonyl (C=O) groups excluding carboxylic acids is 1. The third-order valence-electron chi connectivity index (χ3n) is 1.16. The summed E-state index contributed by atoms with van der Waals surface area (Å²) in [4.78, 5) is 12.4. The average Bonchev–Trinajstić information content (AvgIpc) is 2.36.